The highest BCUT2D eigenvalue weighted by Crippen LogP contribution is 2.15. The van der Waals surface area contributed by atoms with Crippen molar-refractivity contribution in [1.29, 1.82) is 10.8 Å². The van der Waals surface area contributed by atoms with Gasteiger partial charge >= 0.3 is 0 Å². The number of nitrogens with one attached hydrogen (secondary N) is 4. The number of rotatable bonds is 6. The lowest BCUT2D eigenvalue weighted by Crippen LogP contribution is -2.29. The minimum Gasteiger partial charge on any atom is -0.379 e. The van der Waals surface area contributed by atoms with Crippen LogP contribution in [0.25, 0.3) is 0 Å². The van der Waals surface area contributed by atoms with Crippen molar-refractivity contribution in [2.24, 2.45) is 4.99 Å². The van der Waals surface area contributed by atoms with Gasteiger partial charge in [-0.05, 0) is 70.6 Å². The molecule has 0 heterocycles. The Kier molecular flexibility index (Phi) is 8.38. The molecule has 1 aromatic carbocycles. The van der Waals surface area contributed by atoms with Gasteiger partial charge in [0.1, 0.15) is 17.5 Å². The first kappa shape index (κ1) is 19.8. The quantitative estimate of drug-likeness (QED) is 0.211. The van der Waals surface area contributed by atoms with Crippen LogP contribution in [0.3, 0.4) is 0 Å². The molecule has 0 aliphatic heterocycles. The van der Waals surface area contributed by atoms with Crippen molar-refractivity contribution in [2.45, 2.75) is 13.8 Å². The molecule has 4 N–H and O–H groups in total. The second kappa shape index (κ2) is 9.76. The molecule has 0 radical (unpaired) electrons. The number of nitrogens with zero attached hydrogens (tertiary/aromatic N) is 1. The van der Waals surface area contributed by atoms with Crippen LogP contribution in [0.4, 0.5) is 4.39 Å². The molecule has 0 saturated heterocycles. The fraction of sp³-hybridized carbons (Fsp3) is 0.267. The van der Waals surface area contributed by atoms with Crippen molar-refractivity contribution in [3.63, 3.8) is 0 Å². The summed E-state index contributed by atoms with van der Waals surface area (Å²) >= 11 is 5.42. The molecule has 0 bridgehead atoms. The maximum absolute atomic E-state index is 13.3. The average molecular weight is 494 g/mol. The predicted octanol–water partition coefficient (Wildman–Crippen LogP) is 3.63. The smallest absolute Gasteiger partial charge is 0.136 e. The fourth-order valence-electron chi connectivity index (χ4n) is 1.68. The van der Waals surface area contributed by atoms with Gasteiger partial charge in [0.15, 0.2) is 0 Å². The van der Waals surface area contributed by atoms with E-state index in [2.05, 4.69) is 31.6 Å². The first-order chi connectivity index (χ1) is 10.9. The van der Waals surface area contributed by atoms with Gasteiger partial charge in [0.2, 0.25) is 0 Å². The standard InChI is InChI=1S/C15H18BrFIN5/c1-3-21-14(16)10(7-19)8-22-15(23-9(2)20)12-5-4-11(17)6-13(12)18/h4-7,19,21H,3,8H2,1-2H3,(H2,20,22,23)/b14-10+,19-7?. The van der Waals surface area contributed by atoms with E-state index >= 15 is 0 Å². The summed E-state index contributed by atoms with van der Waals surface area (Å²) in [4.78, 5) is 4.18. The SMILES string of the molecule is CCN/C(Br)=C(\C=N)CN/C(=N\C(C)=N)c1ccc(F)cc1I. The Morgan fingerprint density at radius 3 is 2.65 bits per heavy atom. The van der Waals surface area contributed by atoms with E-state index in [0.29, 0.717) is 27.1 Å². The van der Waals surface area contributed by atoms with Gasteiger partial charge in [-0.15, -0.1) is 0 Å². The second-order valence-corrected chi connectivity index (χ2v) is 6.49. The van der Waals surface area contributed by atoms with Crippen LogP contribution in [0.15, 0.2) is 33.4 Å². The van der Waals surface area contributed by atoms with Gasteiger partial charge in [-0.2, -0.15) is 0 Å². The minimum absolute atomic E-state index is 0.138. The van der Waals surface area contributed by atoms with Crippen molar-refractivity contribution >= 4 is 56.4 Å². The van der Waals surface area contributed by atoms with Crippen LogP contribution in [-0.2, 0) is 0 Å². The van der Waals surface area contributed by atoms with Crippen molar-refractivity contribution < 1.29 is 4.39 Å². The second-order valence-electron chi connectivity index (χ2n) is 4.54. The van der Waals surface area contributed by atoms with Crippen molar-refractivity contribution in [1.82, 2.24) is 10.6 Å². The molecule has 0 fully saturated rings. The van der Waals surface area contributed by atoms with Crippen molar-refractivity contribution in [3.05, 3.63) is 43.3 Å². The topological polar surface area (TPSA) is 84.1 Å². The molecule has 1 aromatic rings. The predicted molar refractivity (Wildman–Crippen MR) is 105 cm³/mol. The zero-order chi connectivity index (χ0) is 17.4. The first-order valence-corrected chi connectivity index (χ1v) is 8.72. The molecule has 5 nitrogen and oxygen atoms in total. The van der Waals surface area contributed by atoms with Gasteiger partial charge in [0.25, 0.3) is 0 Å². The zero-order valence-corrected chi connectivity index (χ0v) is 16.5. The molecular formula is C15H18BrFIN5. The van der Waals surface area contributed by atoms with E-state index in [9.17, 15) is 4.39 Å². The monoisotopic (exact) mass is 493 g/mol. The number of halogens is 3. The van der Waals surface area contributed by atoms with E-state index in [-0.39, 0.29) is 11.7 Å². The summed E-state index contributed by atoms with van der Waals surface area (Å²) in [5, 5.41) is 21.3. The van der Waals surface area contributed by atoms with Crippen LogP contribution in [0.1, 0.15) is 19.4 Å². The largest absolute Gasteiger partial charge is 0.379 e. The van der Waals surface area contributed by atoms with Gasteiger partial charge in [0.05, 0.1) is 4.61 Å². The maximum Gasteiger partial charge on any atom is 0.136 e. The average Bonchev–Trinajstić information content (AvgIpc) is 2.46. The van der Waals surface area contributed by atoms with Crippen LogP contribution in [0.5, 0.6) is 0 Å². The molecule has 8 heteroatoms. The zero-order valence-electron chi connectivity index (χ0n) is 12.8. The van der Waals surface area contributed by atoms with Crippen molar-refractivity contribution in [3.8, 4) is 0 Å². The number of aliphatic imine (C=N–C) groups is 1. The van der Waals surface area contributed by atoms with Gasteiger partial charge < -0.3 is 16.0 Å². The van der Waals surface area contributed by atoms with E-state index < -0.39 is 0 Å². The Bertz CT molecular complexity index is 657. The fourth-order valence-corrected chi connectivity index (χ4v) is 2.95. The van der Waals surface area contributed by atoms with Crippen LogP contribution in [-0.4, -0.2) is 31.0 Å². The van der Waals surface area contributed by atoms with Crippen LogP contribution in [0.2, 0.25) is 0 Å². The van der Waals surface area contributed by atoms with Gasteiger partial charge in [-0.3, -0.25) is 5.41 Å². The molecule has 0 atom stereocenters. The number of benzene rings is 1. The molecule has 124 valence electrons. The molecule has 0 saturated carbocycles. The van der Waals surface area contributed by atoms with Crippen molar-refractivity contribution in [2.75, 3.05) is 13.1 Å². The summed E-state index contributed by atoms with van der Waals surface area (Å²) in [7, 11) is 0. The third kappa shape index (κ3) is 6.38. The molecule has 0 unspecified atom stereocenters. The highest BCUT2D eigenvalue weighted by atomic mass is 127. The van der Waals surface area contributed by atoms with Gasteiger partial charge in [0, 0.05) is 34.0 Å². The maximum atomic E-state index is 13.3. The van der Waals surface area contributed by atoms with Crippen LogP contribution >= 0.6 is 38.5 Å². The lowest BCUT2D eigenvalue weighted by Gasteiger charge is -2.14. The molecule has 23 heavy (non-hydrogen) atoms. The number of hydrogen-bond donors (Lipinski definition) is 4. The summed E-state index contributed by atoms with van der Waals surface area (Å²) in [5.41, 5.74) is 1.42. The van der Waals surface area contributed by atoms with E-state index in [1.165, 1.54) is 18.3 Å². The first-order valence-electron chi connectivity index (χ1n) is 6.85. The van der Waals surface area contributed by atoms with E-state index in [1.807, 2.05) is 29.5 Å². The molecule has 0 amide bonds. The molecule has 0 spiro atoms. The Labute approximate surface area is 157 Å². The normalized spacial score (nSPS) is 12.5. The van der Waals surface area contributed by atoms with Crippen LogP contribution in [0, 0.1) is 20.2 Å². The Hall–Kier alpha value is -1.29. The number of hydrogen-bond acceptors (Lipinski definition) is 3. The molecule has 0 aliphatic rings. The third-order valence-electron chi connectivity index (χ3n) is 2.70. The summed E-state index contributed by atoms with van der Waals surface area (Å²) in [6.45, 7) is 4.60. The Morgan fingerprint density at radius 1 is 1.43 bits per heavy atom. The summed E-state index contributed by atoms with van der Waals surface area (Å²) in [6.07, 6.45) is 1.24. The molecular weight excluding hydrogens is 476 g/mol. The summed E-state index contributed by atoms with van der Waals surface area (Å²) in [5.74, 6) is 0.288. The molecule has 1 rings (SSSR count). The van der Waals surface area contributed by atoms with Crippen LogP contribution < -0.4 is 10.6 Å². The lowest BCUT2D eigenvalue weighted by molar-refractivity contribution is 0.626. The summed E-state index contributed by atoms with van der Waals surface area (Å²) < 4.78 is 14.7. The molecule has 0 aromatic heterocycles. The number of amidine groups is 2. The van der Waals surface area contributed by atoms with E-state index in [1.54, 1.807) is 13.0 Å². The highest BCUT2D eigenvalue weighted by Gasteiger charge is 2.11. The highest BCUT2D eigenvalue weighted by molar-refractivity contribution is 14.1. The Balaban J connectivity index is 3.08. The molecule has 0 aliphatic carbocycles. The van der Waals surface area contributed by atoms with E-state index in [4.69, 9.17) is 10.8 Å². The van der Waals surface area contributed by atoms with Gasteiger partial charge in [-0.1, -0.05) is 0 Å². The minimum atomic E-state index is -0.320. The summed E-state index contributed by atoms with van der Waals surface area (Å²) in [6, 6.07) is 4.39. The third-order valence-corrected chi connectivity index (χ3v) is 4.38. The Morgan fingerprint density at radius 2 is 2.13 bits per heavy atom. The van der Waals surface area contributed by atoms with Gasteiger partial charge in [-0.25, -0.2) is 9.38 Å². The van der Waals surface area contributed by atoms with E-state index in [0.717, 1.165) is 11.2 Å². The lowest BCUT2D eigenvalue weighted by atomic mass is 10.2.